The van der Waals surface area contributed by atoms with Crippen LogP contribution in [0.4, 0.5) is 0 Å². The van der Waals surface area contributed by atoms with Crippen LogP contribution >= 0.6 is 0 Å². The molecule has 0 amide bonds. The van der Waals surface area contributed by atoms with Crippen molar-refractivity contribution < 1.29 is 0 Å². The molecule has 0 saturated carbocycles. The zero-order valence-electron chi connectivity index (χ0n) is 17.6. The van der Waals surface area contributed by atoms with Crippen molar-refractivity contribution in [2.24, 2.45) is 17.8 Å². The number of aromatic nitrogens is 4. The third-order valence-corrected chi connectivity index (χ3v) is 5.65. The predicted molar refractivity (Wildman–Crippen MR) is 108 cm³/mol. The molecule has 0 saturated heterocycles. The number of nitrogens with one attached hydrogen (secondary N) is 1. The molecule has 3 atom stereocenters. The minimum atomic E-state index is 0.199. The molecule has 0 aliphatic rings. The molecule has 1 N–H and O–H groups in total. The topological polar surface area (TPSA) is 54.5 Å². The molecule has 2 heterocycles. The Morgan fingerprint density at radius 1 is 0.885 bits per heavy atom. The molecule has 0 aromatic carbocycles. The van der Waals surface area contributed by atoms with Gasteiger partial charge < -0.3 is 4.98 Å². The van der Waals surface area contributed by atoms with Crippen molar-refractivity contribution in [3.63, 3.8) is 0 Å². The van der Waals surface area contributed by atoms with Crippen molar-refractivity contribution in [2.75, 3.05) is 0 Å². The Morgan fingerprint density at radius 3 is 2.08 bits per heavy atom. The van der Waals surface area contributed by atoms with Crippen LogP contribution < -0.4 is 0 Å². The quantitative estimate of drug-likeness (QED) is 0.624. The van der Waals surface area contributed by atoms with Gasteiger partial charge in [-0.05, 0) is 42.7 Å². The molecule has 0 radical (unpaired) electrons. The molecule has 4 heteroatoms. The van der Waals surface area contributed by atoms with Gasteiger partial charge in [0.05, 0.1) is 5.92 Å². The van der Waals surface area contributed by atoms with E-state index in [1.165, 1.54) is 5.69 Å². The van der Waals surface area contributed by atoms with Gasteiger partial charge in [-0.25, -0.2) is 15.0 Å². The lowest BCUT2D eigenvalue weighted by atomic mass is 9.91. The van der Waals surface area contributed by atoms with E-state index in [0.29, 0.717) is 23.7 Å². The van der Waals surface area contributed by atoms with Gasteiger partial charge in [-0.1, -0.05) is 48.5 Å². The molecule has 144 valence electrons. The van der Waals surface area contributed by atoms with Crippen LogP contribution in [0.2, 0.25) is 0 Å². The summed E-state index contributed by atoms with van der Waals surface area (Å²) in [6, 6.07) is 4.18. The van der Waals surface area contributed by atoms with Gasteiger partial charge >= 0.3 is 0 Å². The summed E-state index contributed by atoms with van der Waals surface area (Å²) >= 11 is 0. The fourth-order valence-electron chi connectivity index (χ4n) is 3.45. The summed E-state index contributed by atoms with van der Waals surface area (Å²) in [5, 5.41) is 0. The molecule has 2 aromatic heterocycles. The molecule has 4 nitrogen and oxygen atoms in total. The zero-order chi connectivity index (χ0) is 19.3. The van der Waals surface area contributed by atoms with Crippen LogP contribution in [0.1, 0.15) is 96.3 Å². The summed E-state index contributed by atoms with van der Waals surface area (Å²) in [6.45, 7) is 15.8. The van der Waals surface area contributed by atoms with E-state index in [4.69, 9.17) is 15.0 Å². The molecule has 0 fully saturated rings. The molecular formula is C22H36N4. The van der Waals surface area contributed by atoms with Crippen LogP contribution in [0, 0.1) is 17.8 Å². The summed E-state index contributed by atoms with van der Waals surface area (Å²) in [6.07, 6.45) is 4.92. The SMILES string of the molecule is CCC(c1nc(CC(C)C(C)C)nc(C(CC)C(C)C)n1)c1ccc[nH]1. The molecular weight excluding hydrogens is 320 g/mol. The second-order valence-corrected chi connectivity index (χ2v) is 8.24. The second-order valence-electron chi connectivity index (χ2n) is 8.24. The standard InChI is InChI=1S/C22H36N4/c1-8-17(15(5)6)21-24-20(13-16(7)14(3)4)25-22(26-21)18(9-2)19-11-10-12-23-19/h10-12,14-18,23H,8-9,13H2,1-7H3. The zero-order valence-corrected chi connectivity index (χ0v) is 17.6. The van der Waals surface area contributed by atoms with Crippen LogP contribution in [0.15, 0.2) is 18.3 Å². The average Bonchev–Trinajstić information content (AvgIpc) is 3.10. The molecule has 2 aromatic rings. The lowest BCUT2D eigenvalue weighted by molar-refractivity contribution is 0.402. The van der Waals surface area contributed by atoms with Gasteiger partial charge in [-0.2, -0.15) is 0 Å². The Balaban J connectivity index is 2.48. The van der Waals surface area contributed by atoms with E-state index in [-0.39, 0.29) is 5.92 Å². The summed E-state index contributed by atoms with van der Waals surface area (Å²) in [4.78, 5) is 18.1. The van der Waals surface area contributed by atoms with Crippen molar-refractivity contribution in [3.05, 3.63) is 41.5 Å². The first-order valence-corrected chi connectivity index (χ1v) is 10.2. The van der Waals surface area contributed by atoms with Crippen LogP contribution in [0.5, 0.6) is 0 Å². The highest BCUT2D eigenvalue weighted by molar-refractivity contribution is 5.20. The number of rotatable bonds is 9. The summed E-state index contributed by atoms with van der Waals surface area (Å²) in [5.41, 5.74) is 1.19. The van der Waals surface area contributed by atoms with Gasteiger partial charge in [-0.3, -0.25) is 0 Å². The van der Waals surface area contributed by atoms with E-state index in [9.17, 15) is 0 Å². The Morgan fingerprint density at radius 2 is 1.58 bits per heavy atom. The monoisotopic (exact) mass is 356 g/mol. The number of hydrogen-bond donors (Lipinski definition) is 1. The molecule has 0 spiro atoms. The smallest absolute Gasteiger partial charge is 0.141 e. The van der Waals surface area contributed by atoms with Crippen LogP contribution in [0.3, 0.4) is 0 Å². The van der Waals surface area contributed by atoms with E-state index >= 15 is 0 Å². The number of aromatic amines is 1. The number of hydrogen-bond acceptors (Lipinski definition) is 3. The first kappa shape index (κ1) is 20.6. The van der Waals surface area contributed by atoms with Gasteiger partial charge in [0.15, 0.2) is 0 Å². The number of H-pyrrole nitrogens is 1. The van der Waals surface area contributed by atoms with E-state index < -0.39 is 0 Å². The van der Waals surface area contributed by atoms with Gasteiger partial charge in [0, 0.05) is 24.2 Å². The predicted octanol–water partition coefficient (Wildman–Crippen LogP) is 5.73. The maximum absolute atomic E-state index is 4.96. The molecule has 0 aliphatic carbocycles. The summed E-state index contributed by atoms with van der Waals surface area (Å²) in [7, 11) is 0. The van der Waals surface area contributed by atoms with Crippen LogP contribution in [0.25, 0.3) is 0 Å². The van der Waals surface area contributed by atoms with Crippen molar-refractivity contribution in [3.8, 4) is 0 Å². The molecule has 0 bridgehead atoms. The number of nitrogens with zero attached hydrogens (tertiary/aromatic N) is 3. The Kier molecular flexibility index (Phi) is 7.36. The first-order valence-electron chi connectivity index (χ1n) is 10.2. The van der Waals surface area contributed by atoms with Crippen LogP contribution in [-0.4, -0.2) is 19.9 Å². The fraction of sp³-hybridized carbons (Fsp3) is 0.682. The first-order chi connectivity index (χ1) is 12.4. The highest BCUT2D eigenvalue weighted by atomic mass is 15.0. The minimum Gasteiger partial charge on any atom is -0.364 e. The fourth-order valence-corrected chi connectivity index (χ4v) is 3.45. The lowest BCUT2D eigenvalue weighted by Gasteiger charge is -2.22. The lowest BCUT2D eigenvalue weighted by Crippen LogP contribution is -2.19. The molecule has 26 heavy (non-hydrogen) atoms. The van der Waals surface area contributed by atoms with Gasteiger partial charge in [0.25, 0.3) is 0 Å². The molecule has 0 aliphatic heterocycles. The normalized spacial score (nSPS) is 15.4. The third kappa shape index (κ3) is 4.93. The Labute approximate surface area is 159 Å². The van der Waals surface area contributed by atoms with Gasteiger partial charge in [0.2, 0.25) is 0 Å². The van der Waals surface area contributed by atoms with E-state index in [0.717, 1.165) is 36.7 Å². The molecule has 3 unspecified atom stereocenters. The molecule has 2 rings (SSSR count). The van der Waals surface area contributed by atoms with Crippen molar-refractivity contribution >= 4 is 0 Å². The highest BCUT2D eigenvalue weighted by Crippen LogP contribution is 2.29. The van der Waals surface area contributed by atoms with E-state index in [2.05, 4.69) is 59.5 Å². The summed E-state index contributed by atoms with van der Waals surface area (Å²) < 4.78 is 0. The highest BCUT2D eigenvalue weighted by Gasteiger charge is 2.24. The Hall–Kier alpha value is -1.71. The van der Waals surface area contributed by atoms with E-state index in [1.54, 1.807) is 0 Å². The van der Waals surface area contributed by atoms with Gasteiger partial charge in [-0.15, -0.1) is 0 Å². The average molecular weight is 357 g/mol. The van der Waals surface area contributed by atoms with Crippen LogP contribution in [-0.2, 0) is 6.42 Å². The van der Waals surface area contributed by atoms with Crippen molar-refractivity contribution in [1.82, 2.24) is 19.9 Å². The van der Waals surface area contributed by atoms with Crippen molar-refractivity contribution in [1.29, 1.82) is 0 Å². The minimum absolute atomic E-state index is 0.199. The van der Waals surface area contributed by atoms with Crippen molar-refractivity contribution in [2.45, 2.75) is 79.6 Å². The third-order valence-electron chi connectivity index (χ3n) is 5.65. The second kappa shape index (κ2) is 9.29. The maximum atomic E-state index is 4.96. The largest absolute Gasteiger partial charge is 0.364 e. The Bertz CT molecular complexity index is 661. The summed E-state index contributed by atoms with van der Waals surface area (Å²) in [5.74, 6) is 5.13. The maximum Gasteiger partial charge on any atom is 0.141 e. The van der Waals surface area contributed by atoms with E-state index in [1.807, 2.05) is 12.3 Å². The van der Waals surface area contributed by atoms with Gasteiger partial charge in [0.1, 0.15) is 17.5 Å².